The molecular weight excluding hydrogens is 638 g/mol. The van der Waals surface area contributed by atoms with Crippen LogP contribution >= 0.6 is 46.4 Å². The van der Waals surface area contributed by atoms with E-state index in [-0.39, 0.29) is 46.5 Å². The number of hydrogen-bond donors (Lipinski definition) is 2. The van der Waals surface area contributed by atoms with E-state index in [0.717, 1.165) is 0 Å². The van der Waals surface area contributed by atoms with Gasteiger partial charge < -0.3 is 27.8 Å². The van der Waals surface area contributed by atoms with Crippen LogP contribution in [0.15, 0.2) is 70.2 Å². The van der Waals surface area contributed by atoms with Crippen LogP contribution in [0.1, 0.15) is 23.6 Å². The van der Waals surface area contributed by atoms with Gasteiger partial charge in [0, 0.05) is 22.2 Å². The van der Waals surface area contributed by atoms with Gasteiger partial charge in [-0.05, 0) is 24.3 Å². The van der Waals surface area contributed by atoms with Crippen LogP contribution in [0.5, 0.6) is 11.5 Å². The van der Waals surface area contributed by atoms with Crippen molar-refractivity contribution in [3.63, 3.8) is 0 Å². The van der Waals surface area contributed by atoms with Gasteiger partial charge in [0.05, 0.1) is 22.4 Å². The van der Waals surface area contributed by atoms with E-state index >= 15 is 0 Å². The molecule has 4 rings (SSSR count). The minimum atomic E-state index is -1.46. The highest BCUT2D eigenvalue weighted by molar-refractivity contribution is 6.34. The number of ether oxygens (including phenoxy) is 4. The molecule has 16 heteroatoms. The summed E-state index contributed by atoms with van der Waals surface area (Å²) in [6, 6.07) is 9.22. The van der Waals surface area contributed by atoms with Crippen LogP contribution in [0.4, 0.5) is 0 Å². The molecule has 0 bridgehead atoms. The molecule has 0 aliphatic carbocycles. The molecule has 0 fully saturated rings. The topological polar surface area (TPSA) is 175 Å². The summed E-state index contributed by atoms with van der Waals surface area (Å²) in [6.07, 6.45) is 2.37. The molecule has 2 heterocycles. The molecule has 0 aliphatic rings. The number of rotatable bonds is 12. The van der Waals surface area contributed by atoms with Gasteiger partial charge in [0.25, 0.3) is 0 Å². The minimum absolute atomic E-state index is 0.0688. The Morgan fingerprint density at radius 1 is 0.714 bits per heavy atom. The Kier molecular flexibility index (Phi) is 10.9. The van der Waals surface area contributed by atoms with Gasteiger partial charge in [0.15, 0.2) is 12.5 Å². The lowest BCUT2D eigenvalue weighted by molar-refractivity contribution is -0.176. The van der Waals surface area contributed by atoms with Gasteiger partial charge in [-0.1, -0.05) is 46.4 Å². The summed E-state index contributed by atoms with van der Waals surface area (Å²) in [7, 11) is 0. The molecule has 0 radical (unpaired) electrons. The van der Waals surface area contributed by atoms with Crippen LogP contribution in [0.25, 0.3) is 0 Å². The van der Waals surface area contributed by atoms with Crippen LogP contribution in [0.2, 0.25) is 20.1 Å². The summed E-state index contributed by atoms with van der Waals surface area (Å²) in [4.78, 5) is 33.4. The molecule has 0 saturated heterocycles. The van der Waals surface area contributed by atoms with Gasteiger partial charge in [-0.2, -0.15) is 0 Å². The molecule has 4 aromatic rings. The maximum Gasteiger partial charge on any atom is 0.419 e. The number of hydrogen-bond acceptors (Lipinski definition) is 12. The number of halogens is 4. The van der Waals surface area contributed by atoms with Gasteiger partial charge in [0.2, 0.25) is 11.8 Å². The van der Waals surface area contributed by atoms with Crippen molar-refractivity contribution >= 4 is 58.3 Å². The number of oxazole rings is 2. The quantitative estimate of drug-likeness (QED) is 0.119. The van der Waals surface area contributed by atoms with Crippen LogP contribution in [-0.2, 0) is 19.1 Å². The molecule has 0 aliphatic heterocycles. The minimum Gasteiger partial charge on any atom is -0.491 e. The number of benzene rings is 2. The summed E-state index contributed by atoms with van der Waals surface area (Å²) in [6.45, 7) is -0.418. The first-order valence-electron chi connectivity index (χ1n) is 12.0. The molecule has 0 spiro atoms. The highest BCUT2D eigenvalue weighted by Crippen LogP contribution is 2.31. The third-order valence-corrected chi connectivity index (χ3v) is 6.70. The van der Waals surface area contributed by atoms with Crippen molar-refractivity contribution in [3.05, 3.63) is 93.2 Å². The molecule has 4 unspecified atom stereocenters. The highest BCUT2D eigenvalue weighted by atomic mass is 35.5. The second-order valence-corrected chi connectivity index (χ2v) is 10.2. The third-order valence-electron chi connectivity index (χ3n) is 5.61. The highest BCUT2D eigenvalue weighted by Gasteiger charge is 2.34. The Bertz CT molecular complexity index is 1380. The molecule has 0 saturated carbocycles. The zero-order chi connectivity index (χ0) is 30.2. The Morgan fingerprint density at radius 2 is 1.12 bits per heavy atom. The number of nitrogens with zero attached hydrogens (tertiary/aromatic N) is 2. The monoisotopic (exact) mass is 658 g/mol. The molecule has 4 atom stereocenters. The maximum atomic E-state index is 12.6. The molecule has 12 nitrogen and oxygen atoms in total. The van der Waals surface area contributed by atoms with Gasteiger partial charge in [-0.25, -0.2) is 19.6 Å². The Balaban J connectivity index is 1.40. The summed E-state index contributed by atoms with van der Waals surface area (Å²) in [5.41, 5.74) is 12.2. The summed E-state index contributed by atoms with van der Waals surface area (Å²) < 4.78 is 32.3. The largest absolute Gasteiger partial charge is 0.491 e. The van der Waals surface area contributed by atoms with Crippen molar-refractivity contribution < 1.29 is 37.4 Å². The third kappa shape index (κ3) is 8.28. The van der Waals surface area contributed by atoms with E-state index in [9.17, 15) is 9.59 Å². The van der Waals surface area contributed by atoms with Crippen molar-refractivity contribution in [1.29, 1.82) is 0 Å². The number of esters is 2. The maximum absolute atomic E-state index is 12.6. The second-order valence-electron chi connectivity index (χ2n) is 8.47. The number of carbonyl (C=O) groups is 2. The molecule has 2 aromatic heterocycles. The summed E-state index contributed by atoms with van der Waals surface area (Å²) in [5, 5.41) is 1.30. The van der Waals surface area contributed by atoms with Crippen molar-refractivity contribution in [1.82, 2.24) is 9.97 Å². The van der Waals surface area contributed by atoms with E-state index in [0.29, 0.717) is 10.0 Å². The number of carbonyl (C=O) groups excluding carboxylic acids is 2. The lowest BCUT2D eigenvalue weighted by atomic mass is 10.1. The number of aromatic nitrogens is 2. The average molecular weight is 660 g/mol. The predicted molar refractivity (Wildman–Crippen MR) is 151 cm³/mol. The van der Waals surface area contributed by atoms with E-state index in [1.165, 1.54) is 37.1 Å². The Morgan fingerprint density at radius 3 is 1.48 bits per heavy atom. The van der Waals surface area contributed by atoms with Gasteiger partial charge >= 0.3 is 11.9 Å². The lowest BCUT2D eigenvalue weighted by Crippen LogP contribution is -2.42. The predicted octanol–water partition coefficient (Wildman–Crippen LogP) is 4.96. The summed E-state index contributed by atoms with van der Waals surface area (Å²) >= 11 is 24.3. The van der Waals surface area contributed by atoms with Gasteiger partial charge in [-0.15, -0.1) is 0 Å². The molecule has 0 amide bonds. The first-order valence-corrected chi connectivity index (χ1v) is 13.5. The van der Waals surface area contributed by atoms with Gasteiger partial charge in [0.1, 0.15) is 49.1 Å². The number of nitrogens with two attached hydrogens (primary N) is 2. The fourth-order valence-corrected chi connectivity index (χ4v) is 4.16. The smallest absolute Gasteiger partial charge is 0.419 e. The van der Waals surface area contributed by atoms with Crippen LogP contribution in [0.3, 0.4) is 0 Å². The van der Waals surface area contributed by atoms with Crippen molar-refractivity contribution in [2.24, 2.45) is 11.5 Å². The normalized spacial score (nSPS) is 14.0. The van der Waals surface area contributed by atoms with Crippen molar-refractivity contribution in [3.8, 4) is 11.5 Å². The summed E-state index contributed by atoms with van der Waals surface area (Å²) in [5.74, 6) is -4.20. The average Bonchev–Trinajstić information content (AvgIpc) is 3.68. The fourth-order valence-electron chi connectivity index (χ4n) is 3.49. The van der Waals surface area contributed by atoms with Crippen molar-refractivity contribution in [2.45, 2.75) is 24.3 Å². The Hall–Kier alpha value is -3.52. The standard InChI is InChI=1S/C26H22Cl4N4O8/c27-13-1-3-17(29)19(9-13)39-11-15(23-33-5-7-37-23)21(31)41-25(35)26(36)42-22(32)16(24-34-6-8-38-24)12-40-20-10-14(28)2-4-18(20)30/h1-10,15-16,21-22H,11-12,31-32H2. The van der Waals surface area contributed by atoms with Crippen LogP contribution in [-0.4, -0.2) is 47.6 Å². The molecule has 2 aromatic carbocycles. The van der Waals surface area contributed by atoms with E-state index < -0.39 is 36.2 Å². The van der Waals surface area contributed by atoms with E-state index in [1.807, 2.05) is 0 Å². The first-order chi connectivity index (χ1) is 20.1. The molecule has 42 heavy (non-hydrogen) atoms. The SMILES string of the molecule is NC(OC(=O)C(=O)OC(N)C(COc1cc(Cl)ccc1Cl)c1ncco1)C(COc1cc(Cl)ccc1Cl)c1ncco1. The second kappa shape index (κ2) is 14.6. The molecule has 4 N–H and O–H groups in total. The van der Waals surface area contributed by atoms with E-state index in [4.69, 9.17) is 85.7 Å². The molecule has 222 valence electrons. The van der Waals surface area contributed by atoms with Crippen molar-refractivity contribution in [2.75, 3.05) is 13.2 Å². The lowest BCUT2D eigenvalue weighted by Gasteiger charge is -2.23. The fraction of sp³-hybridized carbons (Fsp3) is 0.231. The zero-order valence-corrected chi connectivity index (χ0v) is 24.3. The van der Waals surface area contributed by atoms with Crippen LogP contribution in [0, 0.1) is 0 Å². The van der Waals surface area contributed by atoms with Crippen LogP contribution < -0.4 is 20.9 Å². The van der Waals surface area contributed by atoms with Gasteiger partial charge in [-0.3, -0.25) is 11.5 Å². The van der Waals surface area contributed by atoms with E-state index in [2.05, 4.69) is 9.97 Å². The first kappa shape index (κ1) is 31.4. The van der Waals surface area contributed by atoms with E-state index in [1.54, 1.807) is 24.3 Å². The Labute approximate surface area is 258 Å². The molecular formula is C26H22Cl4N4O8. The zero-order valence-electron chi connectivity index (χ0n) is 21.3.